The van der Waals surface area contributed by atoms with Gasteiger partial charge in [-0.15, -0.1) is 6.58 Å². The van der Waals surface area contributed by atoms with Crippen LogP contribution in [-0.2, 0) is 33.9 Å². The van der Waals surface area contributed by atoms with Crippen molar-refractivity contribution in [1.29, 1.82) is 0 Å². The topological polar surface area (TPSA) is 148 Å². The molecule has 1 heterocycles. The van der Waals surface area contributed by atoms with E-state index in [1.165, 1.54) is 13.0 Å². The molecule has 174 valence electrons. The van der Waals surface area contributed by atoms with Crippen LogP contribution < -0.4 is 10.0 Å². The normalized spacial score (nSPS) is 27.8. The molecule has 3 amide bonds. The predicted octanol–water partition coefficient (Wildman–Crippen LogP) is 0.0642. The largest absolute Gasteiger partial charge is 0.461 e. The molecule has 4 atom stereocenters. The molecule has 12 heteroatoms. The quantitative estimate of drug-likeness (QED) is 0.419. The molecule has 2 rings (SSSR count). The first-order valence-corrected chi connectivity index (χ1v) is 11.6. The summed E-state index contributed by atoms with van der Waals surface area (Å²) < 4.78 is 35.4. The number of esters is 1. The van der Waals surface area contributed by atoms with Crippen LogP contribution in [0, 0.1) is 5.92 Å². The van der Waals surface area contributed by atoms with Gasteiger partial charge in [0, 0.05) is 19.3 Å². The number of amides is 3. The standard InChI is InChI=1S/C19H29N3O8S/c1-7-12-9-19(12,16(25)21-31(6,27)28)20-15(24)14-8-13(29-11(2)23)10-22(14)17(26)30-18(3,4)5/h7,12-14H,1,8-10H2,2-6H3,(H,20,24)(H,21,25)/t12-,13-,14+,19-/m1/s1. The van der Waals surface area contributed by atoms with Crippen LogP contribution in [0.5, 0.6) is 0 Å². The zero-order valence-electron chi connectivity index (χ0n) is 18.3. The number of hydrogen-bond donors (Lipinski definition) is 2. The van der Waals surface area contributed by atoms with E-state index in [1.807, 2.05) is 4.72 Å². The van der Waals surface area contributed by atoms with E-state index in [2.05, 4.69) is 11.9 Å². The van der Waals surface area contributed by atoms with Crippen LogP contribution in [-0.4, -0.2) is 73.3 Å². The minimum Gasteiger partial charge on any atom is -0.461 e. The smallest absolute Gasteiger partial charge is 0.411 e. The maximum atomic E-state index is 13.1. The number of likely N-dealkylation sites (tertiary alicyclic amines) is 1. The molecule has 0 radical (unpaired) electrons. The van der Waals surface area contributed by atoms with Gasteiger partial charge in [-0.3, -0.25) is 24.0 Å². The van der Waals surface area contributed by atoms with Crippen molar-refractivity contribution in [2.24, 2.45) is 5.92 Å². The lowest BCUT2D eigenvalue weighted by Crippen LogP contribution is -2.56. The molecule has 0 aromatic heterocycles. The van der Waals surface area contributed by atoms with E-state index in [0.717, 1.165) is 11.2 Å². The van der Waals surface area contributed by atoms with E-state index >= 15 is 0 Å². The van der Waals surface area contributed by atoms with Crippen molar-refractivity contribution >= 4 is 33.9 Å². The van der Waals surface area contributed by atoms with Gasteiger partial charge < -0.3 is 14.8 Å². The molecule has 2 aliphatic rings. The predicted molar refractivity (Wildman–Crippen MR) is 109 cm³/mol. The van der Waals surface area contributed by atoms with Crippen molar-refractivity contribution in [3.8, 4) is 0 Å². The SMILES string of the molecule is C=C[C@@H]1C[C@]1(NC(=O)[C@@H]1C[C@@H](OC(C)=O)CN1C(=O)OC(C)(C)C)C(=O)NS(C)(=O)=O. The number of carbonyl (C=O) groups excluding carboxylic acids is 4. The maximum absolute atomic E-state index is 13.1. The van der Waals surface area contributed by atoms with Crippen LogP contribution in [0.2, 0.25) is 0 Å². The highest BCUT2D eigenvalue weighted by Crippen LogP contribution is 2.45. The van der Waals surface area contributed by atoms with Crippen molar-refractivity contribution in [2.75, 3.05) is 12.8 Å². The summed E-state index contributed by atoms with van der Waals surface area (Å²) in [6.07, 6.45) is 0.952. The van der Waals surface area contributed by atoms with Gasteiger partial charge in [-0.1, -0.05) is 6.08 Å². The van der Waals surface area contributed by atoms with E-state index in [1.54, 1.807) is 20.8 Å². The second-order valence-electron chi connectivity index (χ2n) is 8.83. The van der Waals surface area contributed by atoms with Crippen LogP contribution in [0.15, 0.2) is 12.7 Å². The lowest BCUT2D eigenvalue weighted by Gasteiger charge is -2.29. The molecule has 0 aromatic carbocycles. The first kappa shape index (κ1) is 24.6. The van der Waals surface area contributed by atoms with Gasteiger partial charge in [-0.05, 0) is 27.2 Å². The third kappa shape index (κ3) is 6.18. The Morgan fingerprint density at radius 3 is 2.29 bits per heavy atom. The molecule has 11 nitrogen and oxygen atoms in total. The summed E-state index contributed by atoms with van der Waals surface area (Å²) in [5.41, 5.74) is -2.31. The summed E-state index contributed by atoms with van der Waals surface area (Å²) in [4.78, 5) is 50.8. The van der Waals surface area contributed by atoms with E-state index < -0.39 is 63.1 Å². The second-order valence-corrected chi connectivity index (χ2v) is 10.6. The average molecular weight is 460 g/mol. The minimum absolute atomic E-state index is 0.00713. The first-order valence-electron chi connectivity index (χ1n) is 9.71. The third-order valence-electron chi connectivity index (χ3n) is 4.85. The highest BCUT2D eigenvalue weighted by Gasteiger charge is 2.61. The van der Waals surface area contributed by atoms with Crippen molar-refractivity contribution in [3.63, 3.8) is 0 Å². The Bertz CT molecular complexity index is 894. The third-order valence-corrected chi connectivity index (χ3v) is 5.41. The van der Waals surface area contributed by atoms with Crippen LogP contribution in [0.4, 0.5) is 4.79 Å². The molecule has 1 aliphatic carbocycles. The van der Waals surface area contributed by atoms with Crippen molar-refractivity contribution in [2.45, 2.75) is 63.8 Å². The molecule has 31 heavy (non-hydrogen) atoms. The number of sulfonamides is 1. The summed E-state index contributed by atoms with van der Waals surface area (Å²) >= 11 is 0. The van der Waals surface area contributed by atoms with Gasteiger partial charge in [0.15, 0.2) is 0 Å². The number of hydrogen-bond acceptors (Lipinski definition) is 8. The summed E-state index contributed by atoms with van der Waals surface area (Å²) in [6.45, 7) is 9.78. The Labute approximate surface area is 181 Å². The molecule has 0 spiro atoms. The summed E-state index contributed by atoms with van der Waals surface area (Å²) in [7, 11) is -3.85. The van der Waals surface area contributed by atoms with E-state index in [4.69, 9.17) is 9.47 Å². The maximum Gasteiger partial charge on any atom is 0.411 e. The Hall–Kier alpha value is -2.63. The number of ether oxygens (including phenoxy) is 2. The van der Waals surface area contributed by atoms with Gasteiger partial charge in [0.1, 0.15) is 23.3 Å². The zero-order chi connectivity index (χ0) is 23.8. The van der Waals surface area contributed by atoms with E-state index in [9.17, 15) is 27.6 Å². The van der Waals surface area contributed by atoms with Gasteiger partial charge >= 0.3 is 12.1 Å². The van der Waals surface area contributed by atoms with Crippen molar-refractivity contribution in [1.82, 2.24) is 14.9 Å². The minimum atomic E-state index is -3.85. The average Bonchev–Trinajstić information content (AvgIpc) is 3.12. The lowest BCUT2D eigenvalue weighted by molar-refractivity contribution is -0.145. The molecule has 1 saturated carbocycles. The van der Waals surface area contributed by atoms with Gasteiger partial charge in [-0.25, -0.2) is 13.2 Å². The summed E-state index contributed by atoms with van der Waals surface area (Å²) in [5, 5.41) is 2.58. The van der Waals surface area contributed by atoms with Crippen molar-refractivity contribution in [3.05, 3.63) is 12.7 Å². The van der Waals surface area contributed by atoms with Gasteiger partial charge in [0.2, 0.25) is 15.9 Å². The monoisotopic (exact) mass is 459 g/mol. The molecule has 0 bridgehead atoms. The molecule has 1 aliphatic heterocycles. The highest BCUT2D eigenvalue weighted by atomic mass is 32.2. The van der Waals surface area contributed by atoms with Gasteiger partial charge in [0.25, 0.3) is 5.91 Å². The molecule has 0 aromatic rings. The second kappa shape index (κ2) is 8.48. The highest BCUT2D eigenvalue weighted by molar-refractivity contribution is 7.89. The van der Waals surface area contributed by atoms with Crippen LogP contribution in [0.1, 0.15) is 40.5 Å². The number of nitrogens with one attached hydrogen (secondary N) is 2. The van der Waals surface area contributed by atoms with Crippen LogP contribution >= 0.6 is 0 Å². The fourth-order valence-electron chi connectivity index (χ4n) is 3.49. The molecule has 1 saturated heterocycles. The Balaban J connectivity index is 2.24. The van der Waals surface area contributed by atoms with Gasteiger partial charge in [-0.2, -0.15) is 0 Å². The Morgan fingerprint density at radius 1 is 1.23 bits per heavy atom. The molecular formula is C19H29N3O8S. The number of nitrogens with zero attached hydrogens (tertiary/aromatic N) is 1. The van der Waals surface area contributed by atoms with E-state index in [0.29, 0.717) is 0 Å². The zero-order valence-corrected chi connectivity index (χ0v) is 19.1. The van der Waals surface area contributed by atoms with E-state index in [-0.39, 0.29) is 19.4 Å². The Kier molecular flexibility index (Phi) is 6.74. The fraction of sp³-hybridized carbons (Fsp3) is 0.684. The van der Waals surface area contributed by atoms with Gasteiger partial charge in [0.05, 0.1) is 12.8 Å². The molecule has 2 N–H and O–H groups in total. The van der Waals surface area contributed by atoms with Crippen LogP contribution in [0.3, 0.4) is 0 Å². The number of carbonyl (C=O) groups is 4. The number of rotatable bonds is 6. The molecular weight excluding hydrogens is 430 g/mol. The summed E-state index contributed by atoms with van der Waals surface area (Å²) in [6, 6.07) is -1.08. The van der Waals surface area contributed by atoms with Crippen LogP contribution in [0.25, 0.3) is 0 Å². The van der Waals surface area contributed by atoms with Crippen molar-refractivity contribution < 1.29 is 37.1 Å². The lowest BCUT2D eigenvalue weighted by atomic mass is 10.1. The summed E-state index contributed by atoms with van der Waals surface area (Å²) in [5.74, 6) is -2.60. The Morgan fingerprint density at radius 2 is 1.84 bits per heavy atom. The molecule has 2 fully saturated rings. The first-order chi connectivity index (χ1) is 14.1. The molecule has 0 unspecified atom stereocenters. The fourth-order valence-corrected chi connectivity index (χ4v) is 4.00.